The number of likely N-dealkylation sites (tertiary alicyclic amines) is 1. The highest BCUT2D eigenvalue weighted by Gasteiger charge is 2.26. The minimum atomic E-state index is -0.0218. The molecule has 3 N–H and O–H groups in total. The Balaban J connectivity index is 1.99. The van der Waals surface area contributed by atoms with Gasteiger partial charge in [0.15, 0.2) is 5.13 Å². The second-order valence-corrected chi connectivity index (χ2v) is 5.43. The molecule has 1 aromatic heterocycles. The number of nitrogens with one attached hydrogen (secondary N) is 1. The number of ether oxygens (including phenoxy) is 1. The van der Waals surface area contributed by atoms with Crippen molar-refractivity contribution in [1.82, 2.24) is 9.88 Å². The molecule has 0 unspecified atom stereocenters. The van der Waals surface area contributed by atoms with Gasteiger partial charge in [-0.2, -0.15) is 0 Å². The molecule has 1 saturated heterocycles. The van der Waals surface area contributed by atoms with E-state index in [2.05, 4.69) is 10.3 Å². The van der Waals surface area contributed by atoms with Gasteiger partial charge in [-0.1, -0.05) is 11.3 Å². The normalized spacial score (nSPS) is 16.6. The van der Waals surface area contributed by atoms with Gasteiger partial charge in [-0.3, -0.25) is 4.79 Å². The molecule has 0 spiro atoms. The van der Waals surface area contributed by atoms with Crippen LogP contribution in [0.4, 0.5) is 10.9 Å². The zero-order valence-corrected chi connectivity index (χ0v) is 12.1. The van der Waals surface area contributed by atoms with Crippen molar-refractivity contribution in [3.63, 3.8) is 0 Å². The molecule has 106 valence electrons. The number of hydrogen-bond donors (Lipinski definition) is 2. The highest BCUT2D eigenvalue weighted by molar-refractivity contribution is 7.18. The van der Waals surface area contributed by atoms with E-state index in [1.165, 1.54) is 11.3 Å². The first kappa shape index (κ1) is 14.1. The van der Waals surface area contributed by atoms with E-state index in [-0.39, 0.29) is 12.0 Å². The molecule has 1 amide bonds. The minimum absolute atomic E-state index is 0.0218. The van der Waals surface area contributed by atoms with Gasteiger partial charge in [-0.25, -0.2) is 4.98 Å². The van der Waals surface area contributed by atoms with Crippen LogP contribution in [0.1, 0.15) is 29.4 Å². The van der Waals surface area contributed by atoms with Gasteiger partial charge in [0.2, 0.25) is 0 Å². The summed E-state index contributed by atoms with van der Waals surface area (Å²) in [6, 6.07) is 0. The van der Waals surface area contributed by atoms with Gasteiger partial charge < -0.3 is 20.7 Å². The van der Waals surface area contributed by atoms with Crippen LogP contribution >= 0.6 is 11.3 Å². The van der Waals surface area contributed by atoms with E-state index in [4.69, 9.17) is 10.5 Å². The summed E-state index contributed by atoms with van der Waals surface area (Å²) in [5.74, 6) is 0.290. The van der Waals surface area contributed by atoms with Gasteiger partial charge in [0.1, 0.15) is 10.7 Å². The highest BCUT2D eigenvalue weighted by atomic mass is 32.1. The van der Waals surface area contributed by atoms with E-state index in [1.54, 1.807) is 7.05 Å². The molecule has 2 rings (SSSR count). The number of anilines is 2. The third-order valence-corrected chi connectivity index (χ3v) is 4.27. The van der Waals surface area contributed by atoms with Crippen LogP contribution in [0.25, 0.3) is 0 Å². The fourth-order valence-electron chi connectivity index (χ4n) is 2.20. The fraction of sp³-hybridized carbons (Fsp3) is 0.667. The van der Waals surface area contributed by atoms with Gasteiger partial charge in [0, 0.05) is 26.7 Å². The molecule has 0 bridgehead atoms. The Bertz CT molecular complexity index is 441. The summed E-state index contributed by atoms with van der Waals surface area (Å²) in [5, 5.41) is 3.58. The van der Waals surface area contributed by atoms with Gasteiger partial charge >= 0.3 is 0 Å². The lowest BCUT2D eigenvalue weighted by Crippen LogP contribution is -2.40. The minimum Gasteiger partial charge on any atom is -0.382 e. The van der Waals surface area contributed by atoms with Crippen molar-refractivity contribution in [3.8, 4) is 0 Å². The molecule has 0 saturated carbocycles. The Morgan fingerprint density at radius 1 is 1.58 bits per heavy atom. The van der Waals surface area contributed by atoms with Crippen LogP contribution in [-0.2, 0) is 4.74 Å². The van der Waals surface area contributed by atoms with Crippen molar-refractivity contribution >= 4 is 28.2 Å². The molecule has 1 fully saturated rings. The second kappa shape index (κ2) is 6.21. The number of thiazole rings is 1. The highest BCUT2D eigenvalue weighted by Crippen LogP contribution is 2.27. The molecule has 0 aromatic carbocycles. The number of piperidine rings is 1. The predicted octanol–water partition coefficient (Wildman–Crippen LogP) is 1.41. The first-order valence-corrected chi connectivity index (χ1v) is 7.32. The lowest BCUT2D eigenvalue weighted by molar-refractivity contribution is 0.0148. The molecule has 1 aliphatic rings. The molecule has 0 radical (unpaired) electrons. The van der Waals surface area contributed by atoms with Gasteiger partial charge in [0.05, 0.1) is 6.10 Å². The third-order valence-electron chi connectivity index (χ3n) is 3.19. The standard InChI is InChI=1S/C12H20N4O2S/c1-3-18-8-4-6-16(7-5-8)11(17)9-10(13)15-12(14-2)19-9/h8H,3-7,13H2,1-2H3,(H,14,15). The van der Waals surface area contributed by atoms with Gasteiger partial charge in [-0.05, 0) is 19.8 Å². The number of amides is 1. The Morgan fingerprint density at radius 2 is 2.26 bits per heavy atom. The van der Waals surface area contributed by atoms with Crippen LogP contribution in [0, 0.1) is 0 Å². The Kier molecular flexibility index (Phi) is 4.60. The largest absolute Gasteiger partial charge is 0.382 e. The van der Waals surface area contributed by atoms with Crippen LogP contribution in [0.2, 0.25) is 0 Å². The van der Waals surface area contributed by atoms with Crippen molar-refractivity contribution in [3.05, 3.63) is 4.88 Å². The van der Waals surface area contributed by atoms with Crippen molar-refractivity contribution in [2.75, 3.05) is 37.8 Å². The van der Waals surface area contributed by atoms with E-state index in [0.717, 1.165) is 32.5 Å². The molecule has 1 aromatic rings. The SMILES string of the molecule is CCOC1CCN(C(=O)c2sc(NC)nc2N)CC1. The van der Waals surface area contributed by atoms with Crippen LogP contribution in [-0.4, -0.2) is 48.6 Å². The number of aromatic nitrogens is 1. The summed E-state index contributed by atoms with van der Waals surface area (Å²) in [6.07, 6.45) is 2.05. The number of carbonyl (C=O) groups excluding carboxylic acids is 1. The first-order chi connectivity index (χ1) is 9.15. The maximum Gasteiger partial charge on any atom is 0.267 e. The zero-order chi connectivity index (χ0) is 13.8. The maximum atomic E-state index is 12.4. The maximum absolute atomic E-state index is 12.4. The molecule has 6 nitrogen and oxygen atoms in total. The summed E-state index contributed by atoms with van der Waals surface area (Å²) in [5.41, 5.74) is 5.79. The number of rotatable bonds is 4. The lowest BCUT2D eigenvalue weighted by Gasteiger charge is -2.31. The number of nitrogens with two attached hydrogens (primary N) is 1. The van der Waals surface area contributed by atoms with E-state index < -0.39 is 0 Å². The Labute approximate surface area is 116 Å². The zero-order valence-electron chi connectivity index (χ0n) is 11.3. The van der Waals surface area contributed by atoms with Crippen LogP contribution in [0.15, 0.2) is 0 Å². The van der Waals surface area contributed by atoms with Crippen molar-refractivity contribution in [2.45, 2.75) is 25.9 Å². The topological polar surface area (TPSA) is 80.5 Å². The van der Waals surface area contributed by atoms with Gasteiger partial charge in [0.25, 0.3) is 5.91 Å². The average Bonchev–Trinajstić information content (AvgIpc) is 2.80. The summed E-state index contributed by atoms with van der Waals surface area (Å²) in [6.45, 7) is 4.16. The molecule has 0 atom stereocenters. The molecule has 1 aliphatic heterocycles. The summed E-state index contributed by atoms with van der Waals surface area (Å²) in [4.78, 5) is 18.8. The Morgan fingerprint density at radius 3 is 2.79 bits per heavy atom. The molecular formula is C12H20N4O2S. The van der Waals surface area contributed by atoms with E-state index >= 15 is 0 Å². The van der Waals surface area contributed by atoms with Crippen molar-refractivity contribution < 1.29 is 9.53 Å². The summed E-state index contributed by atoms with van der Waals surface area (Å²) < 4.78 is 5.58. The first-order valence-electron chi connectivity index (χ1n) is 6.50. The van der Waals surface area contributed by atoms with E-state index in [9.17, 15) is 4.79 Å². The van der Waals surface area contributed by atoms with Gasteiger partial charge in [-0.15, -0.1) is 0 Å². The predicted molar refractivity (Wildman–Crippen MR) is 76.6 cm³/mol. The molecular weight excluding hydrogens is 264 g/mol. The summed E-state index contributed by atoms with van der Waals surface area (Å²) in [7, 11) is 1.76. The lowest BCUT2D eigenvalue weighted by atomic mass is 10.1. The van der Waals surface area contributed by atoms with Crippen molar-refractivity contribution in [2.24, 2.45) is 0 Å². The van der Waals surface area contributed by atoms with Crippen LogP contribution in [0.5, 0.6) is 0 Å². The molecule has 0 aliphatic carbocycles. The number of carbonyl (C=O) groups is 1. The quantitative estimate of drug-likeness (QED) is 0.873. The smallest absolute Gasteiger partial charge is 0.267 e. The number of nitrogens with zero attached hydrogens (tertiary/aromatic N) is 2. The van der Waals surface area contributed by atoms with E-state index in [0.29, 0.717) is 15.8 Å². The van der Waals surface area contributed by atoms with E-state index in [1.807, 2.05) is 11.8 Å². The summed E-state index contributed by atoms with van der Waals surface area (Å²) >= 11 is 1.30. The average molecular weight is 284 g/mol. The molecule has 2 heterocycles. The van der Waals surface area contributed by atoms with Crippen molar-refractivity contribution in [1.29, 1.82) is 0 Å². The second-order valence-electron chi connectivity index (χ2n) is 4.43. The monoisotopic (exact) mass is 284 g/mol. The number of hydrogen-bond acceptors (Lipinski definition) is 6. The molecule has 7 heteroatoms. The number of nitrogen functional groups attached to an aromatic ring is 1. The Hall–Kier alpha value is -1.34. The van der Waals surface area contributed by atoms with Crippen LogP contribution < -0.4 is 11.1 Å². The fourth-order valence-corrected chi connectivity index (χ4v) is 3.00. The molecule has 19 heavy (non-hydrogen) atoms. The van der Waals surface area contributed by atoms with Crippen LogP contribution in [0.3, 0.4) is 0 Å². The third kappa shape index (κ3) is 3.16.